The van der Waals surface area contributed by atoms with Gasteiger partial charge < -0.3 is 0 Å². The van der Waals surface area contributed by atoms with Crippen LogP contribution in [-0.2, 0) is 0 Å². The summed E-state index contributed by atoms with van der Waals surface area (Å²) < 4.78 is 3.58. The lowest BCUT2D eigenvalue weighted by Crippen LogP contribution is -1.99. The molecule has 2 aromatic carbocycles. The fourth-order valence-electron chi connectivity index (χ4n) is 1.97. The van der Waals surface area contributed by atoms with Crippen LogP contribution in [0.1, 0.15) is 0 Å². The molecule has 0 amide bonds. The molecule has 3 rings (SSSR count). The summed E-state index contributed by atoms with van der Waals surface area (Å²) in [5.41, 5.74) is 1.92. The van der Waals surface area contributed by atoms with Crippen molar-refractivity contribution in [3.8, 4) is 17.1 Å². The largest absolute Gasteiger partial charge is 0.267 e. The second-order valence-corrected chi connectivity index (χ2v) is 6.13. The minimum Gasteiger partial charge on any atom is -0.267 e. The molecule has 1 N–H and O–H groups in total. The van der Waals surface area contributed by atoms with E-state index in [0.29, 0.717) is 9.79 Å². The number of aromatic nitrogens is 3. The summed E-state index contributed by atoms with van der Waals surface area (Å²) in [6.07, 6.45) is 0. The maximum absolute atomic E-state index is 6.06. The average Bonchev–Trinajstić information content (AvgIpc) is 2.81. The highest BCUT2D eigenvalue weighted by atomic mass is 127. The topological polar surface area (TPSA) is 33.6 Å². The first-order chi connectivity index (χ1) is 9.66. The lowest BCUT2D eigenvalue weighted by Gasteiger charge is -2.09. The van der Waals surface area contributed by atoms with Crippen molar-refractivity contribution in [2.75, 3.05) is 0 Å². The molecule has 100 valence electrons. The van der Waals surface area contributed by atoms with Gasteiger partial charge in [-0.2, -0.15) is 5.10 Å². The van der Waals surface area contributed by atoms with E-state index in [1.54, 1.807) is 0 Å². The van der Waals surface area contributed by atoms with Crippen molar-refractivity contribution in [3.63, 3.8) is 0 Å². The number of aromatic amines is 1. The monoisotopic (exact) mass is 413 g/mol. The maximum atomic E-state index is 6.06. The van der Waals surface area contributed by atoms with Crippen molar-refractivity contribution in [2.24, 2.45) is 0 Å². The standard InChI is InChI=1S/C14H9ClIN3S/c15-10-5-3-4-9(8-10)13-17-18-14(20)19(13)12-7-2-1-6-11(12)16/h1-8H,(H,18,20). The summed E-state index contributed by atoms with van der Waals surface area (Å²) in [7, 11) is 0. The van der Waals surface area contributed by atoms with Gasteiger partial charge >= 0.3 is 0 Å². The lowest BCUT2D eigenvalue weighted by atomic mass is 10.2. The quantitative estimate of drug-likeness (QED) is 0.481. The molecule has 0 fully saturated rings. The molecule has 0 aliphatic rings. The molecule has 3 nitrogen and oxygen atoms in total. The van der Waals surface area contributed by atoms with E-state index in [4.69, 9.17) is 23.8 Å². The van der Waals surface area contributed by atoms with Crippen molar-refractivity contribution < 1.29 is 0 Å². The molecule has 0 radical (unpaired) electrons. The number of nitrogens with zero attached hydrogens (tertiary/aromatic N) is 2. The van der Waals surface area contributed by atoms with E-state index in [1.165, 1.54) is 0 Å². The number of para-hydroxylation sites is 1. The first-order valence-electron chi connectivity index (χ1n) is 5.85. The normalized spacial score (nSPS) is 10.7. The highest BCUT2D eigenvalue weighted by Crippen LogP contribution is 2.26. The van der Waals surface area contributed by atoms with E-state index in [9.17, 15) is 0 Å². The average molecular weight is 414 g/mol. The van der Waals surface area contributed by atoms with Crippen LogP contribution in [0.5, 0.6) is 0 Å². The van der Waals surface area contributed by atoms with E-state index in [-0.39, 0.29) is 0 Å². The third kappa shape index (κ3) is 2.53. The molecule has 0 unspecified atom stereocenters. The van der Waals surface area contributed by atoms with Crippen molar-refractivity contribution in [1.82, 2.24) is 14.8 Å². The van der Waals surface area contributed by atoms with Gasteiger partial charge in [-0.15, -0.1) is 0 Å². The zero-order chi connectivity index (χ0) is 14.1. The van der Waals surface area contributed by atoms with Crippen LogP contribution in [-0.4, -0.2) is 14.8 Å². The van der Waals surface area contributed by atoms with Crippen LogP contribution in [0.15, 0.2) is 48.5 Å². The lowest BCUT2D eigenvalue weighted by molar-refractivity contribution is 1.03. The molecule has 0 bridgehead atoms. The second kappa shape index (κ2) is 5.67. The Morgan fingerprint density at radius 3 is 2.70 bits per heavy atom. The Labute approximate surface area is 139 Å². The number of benzene rings is 2. The number of rotatable bonds is 2. The van der Waals surface area contributed by atoms with Gasteiger partial charge in [-0.25, -0.2) is 0 Å². The van der Waals surface area contributed by atoms with Crippen LogP contribution in [0, 0.1) is 8.34 Å². The molecule has 0 saturated heterocycles. The molecule has 1 aromatic heterocycles. The van der Waals surface area contributed by atoms with Crippen LogP contribution in [0.3, 0.4) is 0 Å². The fourth-order valence-corrected chi connectivity index (χ4v) is 3.02. The number of nitrogens with one attached hydrogen (secondary N) is 1. The molecule has 0 saturated carbocycles. The molecule has 0 aliphatic carbocycles. The Bertz CT molecular complexity index is 825. The van der Waals surface area contributed by atoms with Gasteiger partial charge in [0.1, 0.15) is 0 Å². The zero-order valence-electron chi connectivity index (χ0n) is 10.2. The van der Waals surface area contributed by atoms with E-state index in [2.05, 4.69) is 32.8 Å². The van der Waals surface area contributed by atoms with E-state index < -0.39 is 0 Å². The number of H-pyrrole nitrogens is 1. The maximum Gasteiger partial charge on any atom is 0.200 e. The predicted molar refractivity (Wildman–Crippen MR) is 91.9 cm³/mol. The highest BCUT2D eigenvalue weighted by Gasteiger charge is 2.12. The smallest absolute Gasteiger partial charge is 0.200 e. The predicted octanol–water partition coefficient (Wildman–Crippen LogP) is 4.85. The zero-order valence-corrected chi connectivity index (χ0v) is 13.9. The summed E-state index contributed by atoms with van der Waals surface area (Å²) in [6, 6.07) is 15.6. The van der Waals surface area contributed by atoms with Gasteiger partial charge in [-0.05, 0) is 59.1 Å². The summed E-state index contributed by atoms with van der Waals surface area (Å²) in [4.78, 5) is 0. The first-order valence-corrected chi connectivity index (χ1v) is 7.71. The summed E-state index contributed by atoms with van der Waals surface area (Å²) in [6.45, 7) is 0. The van der Waals surface area contributed by atoms with Gasteiger partial charge in [0.05, 0.1) is 5.69 Å². The Morgan fingerprint density at radius 2 is 1.95 bits per heavy atom. The van der Waals surface area contributed by atoms with Crippen molar-refractivity contribution in [3.05, 3.63) is 61.9 Å². The van der Waals surface area contributed by atoms with Crippen LogP contribution < -0.4 is 0 Å². The molecule has 1 heterocycles. The molecule has 0 aliphatic heterocycles. The Morgan fingerprint density at radius 1 is 1.15 bits per heavy atom. The Balaban J connectivity index is 2.26. The molecule has 20 heavy (non-hydrogen) atoms. The van der Waals surface area contributed by atoms with Crippen LogP contribution >= 0.6 is 46.4 Å². The summed E-state index contributed by atoms with van der Waals surface area (Å²) in [5, 5.41) is 7.85. The minimum absolute atomic E-state index is 0.559. The van der Waals surface area contributed by atoms with Gasteiger partial charge in [-0.3, -0.25) is 9.67 Å². The molecule has 0 atom stereocenters. The third-order valence-electron chi connectivity index (χ3n) is 2.85. The SMILES string of the molecule is S=c1[nH]nc(-c2cccc(Cl)c2)n1-c1ccccc1I. The highest BCUT2D eigenvalue weighted by molar-refractivity contribution is 14.1. The van der Waals surface area contributed by atoms with E-state index in [1.807, 2.05) is 53.1 Å². The second-order valence-electron chi connectivity index (χ2n) is 4.15. The Kier molecular flexibility index (Phi) is 3.91. The molecule has 3 aromatic rings. The molecule has 6 heteroatoms. The van der Waals surface area contributed by atoms with Gasteiger partial charge in [0.25, 0.3) is 0 Å². The van der Waals surface area contributed by atoms with Gasteiger partial charge in [0.15, 0.2) is 10.6 Å². The van der Waals surface area contributed by atoms with Crippen molar-refractivity contribution in [1.29, 1.82) is 0 Å². The third-order valence-corrected chi connectivity index (χ3v) is 4.27. The number of halogens is 2. The summed E-state index contributed by atoms with van der Waals surface area (Å²) in [5.74, 6) is 0.751. The molecular formula is C14H9ClIN3S. The van der Waals surface area contributed by atoms with Crippen LogP contribution in [0.4, 0.5) is 0 Å². The fraction of sp³-hybridized carbons (Fsp3) is 0. The molecule has 0 spiro atoms. The Hall–Kier alpha value is -1.18. The summed E-state index contributed by atoms with van der Waals surface area (Å²) >= 11 is 13.7. The van der Waals surface area contributed by atoms with E-state index in [0.717, 1.165) is 20.6 Å². The minimum atomic E-state index is 0.559. The van der Waals surface area contributed by atoms with E-state index >= 15 is 0 Å². The number of hydrogen-bond donors (Lipinski definition) is 1. The van der Waals surface area contributed by atoms with Gasteiger partial charge in [0, 0.05) is 14.2 Å². The van der Waals surface area contributed by atoms with Crippen LogP contribution in [0.2, 0.25) is 5.02 Å². The van der Waals surface area contributed by atoms with Crippen molar-refractivity contribution in [2.45, 2.75) is 0 Å². The van der Waals surface area contributed by atoms with Gasteiger partial charge in [0.2, 0.25) is 0 Å². The first kappa shape index (κ1) is 13.8. The van der Waals surface area contributed by atoms with Crippen LogP contribution in [0.25, 0.3) is 17.1 Å². The number of hydrogen-bond acceptors (Lipinski definition) is 2. The van der Waals surface area contributed by atoms with Crippen molar-refractivity contribution >= 4 is 46.4 Å². The molecular weight excluding hydrogens is 405 g/mol. The van der Waals surface area contributed by atoms with Gasteiger partial charge in [-0.1, -0.05) is 35.9 Å².